The van der Waals surface area contributed by atoms with E-state index in [4.69, 9.17) is 5.41 Å². The SMILES string of the molecule is N=C(N=C=O)C1SCCS1. The topological polar surface area (TPSA) is 53.3 Å². The number of nitrogens with one attached hydrogen (secondary N) is 1. The van der Waals surface area contributed by atoms with E-state index in [2.05, 4.69) is 4.99 Å². The molecule has 5 heteroatoms. The molecule has 0 aromatic rings. The van der Waals surface area contributed by atoms with Gasteiger partial charge in [-0.3, -0.25) is 5.41 Å². The van der Waals surface area contributed by atoms with Crippen LogP contribution in [0, 0.1) is 5.41 Å². The lowest BCUT2D eigenvalue weighted by atomic mass is 10.7. The maximum absolute atomic E-state index is 9.72. The fourth-order valence-corrected chi connectivity index (χ4v) is 3.20. The summed E-state index contributed by atoms with van der Waals surface area (Å²) in [4.78, 5) is 13.0. The minimum absolute atomic E-state index is 0.0708. The molecule has 1 fully saturated rings. The standard InChI is InChI=1S/C5H6N2OS2/c6-4(7-3-8)5-9-1-2-10-5/h5-6H,1-2H2. The highest BCUT2D eigenvalue weighted by molar-refractivity contribution is 8.21. The number of hydrogen-bond acceptors (Lipinski definition) is 4. The van der Waals surface area contributed by atoms with Crippen molar-refractivity contribution in [3.05, 3.63) is 0 Å². The molecular formula is C5H6N2OS2. The van der Waals surface area contributed by atoms with E-state index in [1.54, 1.807) is 23.5 Å². The second kappa shape index (κ2) is 3.81. The van der Waals surface area contributed by atoms with Crippen LogP contribution in [-0.2, 0) is 4.79 Å². The third-order valence-electron chi connectivity index (χ3n) is 1.01. The molecular weight excluding hydrogens is 168 g/mol. The minimum atomic E-state index is 0.0708. The highest BCUT2D eigenvalue weighted by Gasteiger charge is 2.20. The first-order chi connectivity index (χ1) is 4.84. The number of carbonyl (C=O) groups excluding carboxylic acids is 1. The molecule has 0 amide bonds. The molecule has 0 unspecified atom stereocenters. The summed E-state index contributed by atoms with van der Waals surface area (Å²) in [6.45, 7) is 0. The maximum Gasteiger partial charge on any atom is 0.241 e. The van der Waals surface area contributed by atoms with Crippen LogP contribution in [0.25, 0.3) is 0 Å². The van der Waals surface area contributed by atoms with Crippen LogP contribution >= 0.6 is 23.5 Å². The van der Waals surface area contributed by atoms with Crippen molar-refractivity contribution in [1.82, 2.24) is 0 Å². The number of rotatable bonds is 1. The molecule has 0 atom stereocenters. The van der Waals surface area contributed by atoms with Crippen LogP contribution < -0.4 is 0 Å². The predicted octanol–water partition coefficient (Wildman–Crippen LogP) is 1.11. The molecule has 1 aliphatic rings. The average molecular weight is 174 g/mol. The normalized spacial score (nSPS) is 18.4. The molecule has 0 radical (unpaired) electrons. The fourth-order valence-electron chi connectivity index (χ4n) is 0.618. The van der Waals surface area contributed by atoms with Crippen LogP contribution in [0.4, 0.5) is 0 Å². The molecule has 54 valence electrons. The van der Waals surface area contributed by atoms with Crippen molar-refractivity contribution in [2.75, 3.05) is 11.5 Å². The highest BCUT2D eigenvalue weighted by Crippen LogP contribution is 2.32. The third kappa shape index (κ3) is 1.87. The van der Waals surface area contributed by atoms with Gasteiger partial charge in [0.15, 0.2) is 5.84 Å². The van der Waals surface area contributed by atoms with E-state index < -0.39 is 0 Å². The lowest BCUT2D eigenvalue weighted by molar-refractivity contribution is 0.565. The van der Waals surface area contributed by atoms with Gasteiger partial charge in [-0.05, 0) is 0 Å². The smallest absolute Gasteiger partial charge is 0.241 e. The molecule has 0 aromatic carbocycles. The van der Waals surface area contributed by atoms with E-state index >= 15 is 0 Å². The van der Waals surface area contributed by atoms with Gasteiger partial charge in [0, 0.05) is 11.5 Å². The number of thioether (sulfide) groups is 2. The zero-order valence-electron chi connectivity index (χ0n) is 5.16. The molecule has 0 saturated carbocycles. The molecule has 0 aliphatic carbocycles. The van der Waals surface area contributed by atoms with Crippen molar-refractivity contribution >= 4 is 35.4 Å². The first-order valence-corrected chi connectivity index (χ1v) is 4.84. The van der Waals surface area contributed by atoms with Crippen molar-refractivity contribution in [3.8, 4) is 0 Å². The van der Waals surface area contributed by atoms with Crippen molar-refractivity contribution in [2.45, 2.75) is 4.58 Å². The van der Waals surface area contributed by atoms with E-state index in [9.17, 15) is 4.79 Å². The van der Waals surface area contributed by atoms with Gasteiger partial charge in [-0.25, -0.2) is 4.79 Å². The molecule has 3 nitrogen and oxygen atoms in total. The van der Waals surface area contributed by atoms with Crippen LogP contribution in [-0.4, -0.2) is 28.0 Å². The molecule has 1 aliphatic heterocycles. The number of amidine groups is 1. The second-order valence-corrected chi connectivity index (χ2v) is 4.39. The lowest BCUT2D eigenvalue weighted by Crippen LogP contribution is -2.05. The summed E-state index contributed by atoms with van der Waals surface area (Å²) in [5, 5.41) is 7.22. The van der Waals surface area contributed by atoms with Crippen molar-refractivity contribution in [3.63, 3.8) is 0 Å². The zero-order chi connectivity index (χ0) is 7.40. The highest BCUT2D eigenvalue weighted by atomic mass is 32.2. The predicted molar refractivity (Wildman–Crippen MR) is 44.6 cm³/mol. The monoisotopic (exact) mass is 174 g/mol. The van der Waals surface area contributed by atoms with Gasteiger partial charge < -0.3 is 0 Å². The van der Waals surface area contributed by atoms with Gasteiger partial charge in [-0.1, -0.05) is 0 Å². The molecule has 1 rings (SSSR count). The Morgan fingerprint density at radius 3 is 2.70 bits per heavy atom. The fraction of sp³-hybridized carbons (Fsp3) is 0.600. The largest absolute Gasteiger partial charge is 0.284 e. The molecule has 10 heavy (non-hydrogen) atoms. The summed E-state index contributed by atoms with van der Waals surface area (Å²) < 4.78 is 0.0708. The number of aliphatic imine (C=N–C) groups is 1. The number of nitrogens with zero attached hydrogens (tertiary/aromatic N) is 1. The lowest BCUT2D eigenvalue weighted by Gasteiger charge is -2.00. The van der Waals surface area contributed by atoms with Crippen LogP contribution in [0.5, 0.6) is 0 Å². The Morgan fingerprint density at radius 1 is 1.60 bits per heavy atom. The van der Waals surface area contributed by atoms with E-state index in [-0.39, 0.29) is 10.4 Å². The summed E-state index contributed by atoms with van der Waals surface area (Å²) in [6, 6.07) is 0. The van der Waals surface area contributed by atoms with E-state index in [0.29, 0.717) is 0 Å². The summed E-state index contributed by atoms with van der Waals surface area (Å²) >= 11 is 3.31. The molecule has 1 heterocycles. The number of hydrogen-bond donors (Lipinski definition) is 1. The van der Waals surface area contributed by atoms with Crippen LogP contribution in [0.2, 0.25) is 0 Å². The van der Waals surface area contributed by atoms with Crippen molar-refractivity contribution in [1.29, 1.82) is 5.41 Å². The van der Waals surface area contributed by atoms with Crippen LogP contribution in [0.1, 0.15) is 0 Å². The van der Waals surface area contributed by atoms with Gasteiger partial charge in [-0.15, -0.1) is 23.5 Å². The Balaban J connectivity index is 2.47. The van der Waals surface area contributed by atoms with Gasteiger partial charge in [0.2, 0.25) is 6.08 Å². The molecule has 0 aromatic heterocycles. The Bertz CT molecular complexity index is 182. The Morgan fingerprint density at radius 2 is 2.20 bits per heavy atom. The van der Waals surface area contributed by atoms with Gasteiger partial charge in [0.1, 0.15) is 4.58 Å². The van der Waals surface area contributed by atoms with Gasteiger partial charge >= 0.3 is 0 Å². The van der Waals surface area contributed by atoms with Gasteiger partial charge in [0.05, 0.1) is 0 Å². The molecule has 0 bridgehead atoms. The van der Waals surface area contributed by atoms with E-state index in [1.807, 2.05) is 0 Å². The van der Waals surface area contributed by atoms with Crippen LogP contribution in [0.15, 0.2) is 4.99 Å². The van der Waals surface area contributed by atoms with Crippen LogP contribution in [0.3, 0.4) is 0 Å². The molecule has 1 N–H and O–H groups in total. The van der Waals surface area contributed by atoms with Gasteiger partial charge in [0.25, 0.3) is 0 Å². The summed E-state index contributed by atoms with van der Waals surface area (Å²) in [5.74, 6) is 2.24. The van der Waals surface area contributed by atoms with Crippen molar-refractivity contribution < 1.29 is 4.79 Å². The third-order valence-corrected chi connectivity index (χ3v) is 4.02. The zero-order valence-corrected chi connectivity index (χ0v) is 6.80. The van der Waals surface area contributed by atoms with E-state index in [1.165, 1.54) is 6.08 Å². The number of isocyanates is 1. The minimum Gasteiger partial charge on any atom is -0.284 e. The maximum atomic E-state index is 9.72. The summed E-state index contributed by atoms with van der Waals surface area (Å²) in [6.07, 6.45) is 1.37. The molecule has 1 saturated heterocycles. The average Bonchev–Trinajstić information content (AvgIpc) is 2.38. The quantitative estimate of drug-likeness (QED) is 0.368. The molecule has 0 spiro atoms. The van der Waals surface area contributed by atoms with Crippen molar-refractivity contribution in [2.24, 2.45) is 4.99 Å². The first-order valence-electron chi connectivity index (χ1n) is 2.74. The first kappa shape index (κ1) is 7.85. The summed E-state index contributed by atoms with van der Waals surface area (Å²) in [7, 11) is 0. The van der Waals surface area contributed by atoms with E-state index in [0.717, 1.165) is 11.5 Å². The summed E-state index contributed by atoms with van der Waals surface area (Å²) in [5.41, 5.74) is 0. The Hall–Kier alpha value is -0.250. The Kier molecular flexibility index (Phi) is 2.99. The second-order valence-electron chi connectivity index (χ2n) is 1.66. The van der Waals surface area contributed by atoms with Gasteiger partial charge in [-0.2, -0.15) is 4.99 Å². The Labute approximate surface area is 67.2 Å².